The molecule has 0 unspecified atom stereocenters. The van der Waals surface area contributed by atoms with Crippen LogP contribution in [0.3, 0.4) is 0 Å². The van der Waals surface area contributed by atoms with Gasteiger partial charge in [-0.1, -0.05) is 53.4 Å². The molecule has 0 aliphatic carbocycles. The molecule has 6 nitrogen and oxygen atoms in total. The van der Waals surface area contributed by atoms with Crippen molar-refractivity contribution in [1.29, 1.82) is 0 Å². The van der Waals surface area contributed by atoms with Crippen molar-refractivity contribution in [1.82, 2.24) is 4.89 Å². The minimum absolute atomic E-state index is 0.127. The normalized spacial score (nSPS) is 11.3. The molecule has 2 aromatic rings. The Hall–Kier alpha value is -1.93. The van der Waals surface area contributed by atoms with Crippen molar-refractivity contribution >= 4 is 15.9 Å². The number of nitrogens with zero attached hydrogens (tertiary/aromatic N) is 1. The Morgan fingerprint density at radius 3 is 2.18 bits per heavy atom. The number of benzene rings is 2. The van der Waals surface area contributed by atoms with Gasteiger partial charge in [0.1, 0.15) is 6.73 Å². The van der Waals surface area contributed by atoms with Crippen molar-refractivity contribution in [3.63, 3.8) is 0 Å². The molecular formula is C15H18N2O4S. The molecule has 2 aromatic carbocycles. The van der Waals surface area contributed by atoms with Gasteiger partial charge in [0.05, 0.1) is 19.4 Å². The summed E-state index contributed by atoms with van der Waals surface area (Å²) in [5.74, 6) is 0. The molecule has 2 rings (SSSR count). The van der Waals surface area contributed by atoms with E-state index in [0.717, 1.165) is 9.87 Å². The quantitative estimate of drug-likeness (QED) is 0.597. The van der Waals surface area contributed by atoms with Gasteiger partial charge in [0.2, 0.25) is 0 Å². The van der Waals surface area contributed by atoms with Gasteiger partial charge in [0, 0.05) is 0 Å². The predicted molar refractivity (Wildman–Crippen MR) is 84.1 cm³/mol. The molecule has 0 aliphatic rings. The Bertz CT molecular complexity index is 662. The summed E-state index contributed by atoms with van der Waals surface area (Å²) in [6, 6.07) is 18.2. The Labute approximate surface area is 130 Å². The second kappa shape index (κ2) is 7.90. The van der Waals surface area contributed by atoms with Gasteiger partial charge in [-0.3, -0.25) is 4.84 Å². The molecule has 0 aliphatic heterocycles. The lowest BCUT2D eigenvalue weighted by Crippen LogP contribution is -2.41. The molecule has 0 radical (unpaired) electrons. The summed E-state index contributed by atoms with van der Waals surface area (Å²) in [5, 5.41) is 0. The fourth-order valence-electron chi connectivity index (χ4n) is 1.85. The maximum Gasteiger partial charge on any atom is 0.325 e. The van der Waals surface area contributed by atoms with E-state index < -0.39 is 10.2 Å². The number of hydrogen-bond donors (Lipinski definition) is 1. The fraction of sp³-hybridized carbons (Fsp3) is 0.200. The summed E-state index contributed by atoms with van der Waals surface area (Å²) in [4.78, 5) is 6.53. The van der Waals surface area contributed by atoms with Crippen molar-refractivity contribution < 1.29 is 18.0 Å². The van der Waals surface area contributed by atoms with Crippen LogP contribution in [0.25, 0.3) is 0 Å². The van der Waals surface area contributed by atoms with Crippen molar-refractivity contribution in [3.05, 3.63) is 66.2 Å². The maximum atomic E-state index is 12.2. The molecule has 7 heteroatoms. The van der Waals surface area contributed by atoms with E-state index in [-0.39, 0.29) is 6.73 Å². The van der Waals surface area contributed by atoms with Crippen LogP contribution in [0.15, 0.2) is 60.7 Å². The second-order valence-corrected chi connectivity index (χ2v) is 6.00. The standard InChI is InChI=1S/C15H18N2O4S/c1-20-16-22(18,19)17(15-10-6-3-7-11-15)13-21-12-14-8-4-2-5-9-14/h2-11,16H,12-13H2,1H3. The summed E-state index contributed by atoms with van der Waals surface area (Å²) in [6.07, 6.45) is 0. The van der Waals surface area contributed by atoms with Gasteiger partial charge in [0.25, 0.3) is 0 Å². The van der Waals surface area contributed by atoms with Crippen molar-refractivity contribution in [2.75, 3.05) is 18.1 Å². The van der Waals surface area contributed by atoms with Crippen LogP contribution < -0.4 is 9.19 Å². The van der Waals surface area contributed by atoms with Gasteiger partial charge < -0.3 is 4.74 Å². The first-order valence-electron chi connectivity index (χ1n) is 6.62. The lowest BCUT2D eigenvalue weighted by molar-refractivity contribution is 0.124. The van der Waals surface area contributed by atoms with Crippen LogP contribution in [0.5, 0.6) is 0 Å². The van der Waals surface area contributed by atoms with Gasteiger partial charge >= 0.3 is 10.2 Å². The number of hydrogen-bond acceptors (Lipinski definition) is 4. The molecule has 0 spiro atoms. The lowest BCUT2D eigenvalue weighted by Gasteiger charge is -2.23. The molecule has 0 fully saturated rings. The average molecular weight is 322 g/mol. The first kappa shape index (κ1) is 16.4. The van der Waals surface area contributed by atoms with Crippen molar-refractivity contribution in [2.45, 2.75) is 6.61 Å². The number of para-hydroxylation sites is 1. The Morgan fingerprint density at radius 2 is 1.59 bits per heavy atom. The molecule has 0 atom stereocenters. The molecule has 0 heterocycles. The molecule has 118 valence electrons. The Kier molecular flexibility index (Phi) is 5.91. The van der Waals surface area contributed by atoms with E-state index in [1.807, 2.05) is 41.3 Å². The summed E-state index contributed by atoms with van der Waals surface area (Å²) >= 11 is 0. The zero-order valence-electron chi connectivity index (χ0n) is 12.2. The van der Waals surface area contributed by atoms with Gasteiger partial charge in [-0.25, -0.2) is 4.31 Å². The van der Waals surface area contributed by atoms with Crippen LogP contribution in [-0.4, -0.2) is 22.3 Å². The van der Waals surface area contributed by atoms with Gasteiger partial charge in [0.15, 0.2) is 0 Å². The highest BCUT2D eigenvalue weighted by atomic mass is 32.2. The monoisotopic (exact) mass is 322 g/mol. The van der Waals surface area contributed by atoms with Crippen LogP contribution in [0.2, 0.25) is 0 Å². The van der Waals surface area contributed by atoms with Crippen LogP contribution in [-0.2, 0) is 26.4 Å². The summed E-state index contributed by atoms with van der Waals surface area (Å²) in [7, 11) is -2.60. The second-order valence-electron chi connectivity index (χ2n) is 4.44. The number of rotatable bonds is 8. The van der Waals surface area contributed by atoms with E-state index in [2.05, 4.69) is 4.84 Å². The molecule has 0 saturated heterocycles. The van der Waals surface area contributed by atoms with Crippen LogP contribution in [0.4, 0.5) is 5.69 Å². The predicted octanol–water partition coefficient (Wildman–Crippen LogP) is 2.06. The fourth-order valence-corrected chi connectivity index (χ4v) is 2.76. The highest BCUT2D eigenvalue weighted by Gasteiger charge is 2.22. The molecule has 0 bridgehead atoms. The Morgan fingerprint density at radius 1 is 1.00 bits per heavy atom. The van der Waals surface area contributed by atoms with Crippen LogP contribution >= 0.6 is 0 Å². The third-order valence-electron chi connectivity index (χ3n) is 2.84. The number of nitrogens with one attached hydrogen (secondary N) is 1. The minimum Gasteiger partial charge on any atom is -0.355 e. The zero-order chi connectivity index (χ0) is 15.8. The third-order valence-corrected chi connectivity index (χ3v) is 4.12. The lowest BCUT2D eigenvalue weighted by atomic mass is 10.2. The Balaban J connectivity index is 2.09. The average Bonchev–Trinajstić information content (AvgIpc) is 2.53. The van der Waals surface area contributed by atoms with E-state index >= 15 is 0 Å². The van der Waals surface area contributed by atoms with Crippen molar-refractivity contribution in [3.8, 4) is 0 Å². The topological polar surface area (TPSA) is 67.9 Å². The smallest absolute Gasteiger partial charge is 0.325 e. The van der Waals surface area contributed by atoms with Gasteiger partial charge in [-0.15, -0.1) is 0 Å². The SMILES string of the molecule is CONS(=O)(=O)N(COCc1ccccc1)c1ccccc1. The van der Waals surface area contributed by atoms with E-state index in [9.17, 15) is 8.42 Å². The van der Waals surface area contributed by atoms with E-state index in [4.69, 9.17) is 4.74 Å². The summed E-state index contributed by atoms with van der Waals surface area (Å²) in [5.41, 5.74) is 1.45. The highest BCUT2D eigenvalue weighted by Crippen LogP contribution is 2.17. The first-order valence-corrected chi connectivity index (χ1v) is 8.06. The van der Waals surface area contributed by atoms with Gasteiger partial charge in [-0.05, 0) is 17.7 Å². The zero-order valence-corrected chi connectivity index (χ0v) is 13.0. The third kappa shape index (κ3) is 4.54. The summed E-state index contributed by atoms with van der Waals surface area (Å²) in [6.45, 7) is 0.185. The molecular weight excluding hydrogens is 304 g/mol. The molecule has 0 amide bonds. The molecule has 1 N–H and O–H groups in total. The molecule has 22 heavy (non-hydrogen) atoms. The van der Waals surface area contributed by atoms with Crippen LogP contribution in [0, 0.1) is 0 Å². The number of ether oxygens (including phenoxy) is 1. The van der Waals surface area contributed by atoms with E-state index in [1.165, 1.54) is 7.11 Å². The van der Waals surface area contributed by atoms with E-state index in [0.29, 0.717) is 12.3 Å². The van der Waals surface area contributed by atoms with Gasteiger partial charge in [-0.2, -0.15) is 8.42 Å². The largest absolute Gasteiger partial charge is 0.355 e. The molecule has 0 aromatic heterocycles. The van der Waals surface area contributed by atoms with E-state index in [1.54, 1.807) is 24.3 Å². The first-order chi connectivity index (χ1) is 10.6. The van der Waals surface area contributed by atoms with Crippen molar-refractivity contribution in [2.24, 2.45) is 0 Å². The van der Waals surface area contributed by atoms with Crippen LogP contribution in [0.1, 0.15) is 5.56 Å². The minimum atomic E-state index is -3.84. The summed E-state index contributed by atoms with van der Waals surface area (Å²) < 4.78 is 31.0. The highest BCUT2D eigenvalue weighted by molar-refractivity contribution is 7.90. The maximum absolute atomic E-state index is 12.2. The molecule has 0 saturated carbocycles. The number of anilines is 1.